The van der Waals surface area contributed by atoms with E-state index in [4.69, 9.17) is 0 Å². The van der Waals surface area contributed by atoms with Gasteiger partial charge in [0.15, 0.2) is 0 Å². The van der Waals surface area contributed by atoms with Crippen molar-refractivity contribution < 1.29 is 14.4 Å². The van der Waals surface area contributed by atoms with E-state index in [1.807, 2.05) is 60.9 Å². The van der Waals surface area contributed by atoms with Gasteiger partial charge in [0, 0.05) is 24.3 Å². The molecule has 1 spiro atoms. The molecule has 0 radical (unpaired) electrons. The molecule has 7 heteroatoms. The van der Waals surface area contributed by atoms with Crippen molar-refractivity contribution in [2.45, 2.75) is 24.5 Å². The minimum absolute atomic E-state index is 0.155. The van der Waals surface area contributed by atoms with Crippen molar-refractivity contribution >= 4 is 35.2 Å². The zero-order valence-electron chi connectivity index (χ0n) is 17.6. The third kappa shape index (κ3) is 2.79. The van der Waals surface area contributed by atoms with Crippen LogP contribution in [-0.4, -0.2) is 47.7 Å². The van der Waals surface area contributed by atoms with Crippen LogP contribution in [0.2, 0.25) is 0 Å². The second kappa shape index (κ2) is 7.50. The van der Waals surface area contributed by atoms with Crippen LogP contribution >= 0.6 is 11.8 Å². The fourth-order valence-electron chi connectivity index (χ4n) is 5.53. The van der Waals surface area contributed by atoms with Gasteiger partial charge in [-0.3, -0.25) is 24.6 Å². The zero-order chi connectivity index (χ0) is 21.8. The van der Waals surface area contributed by atoms with Crippen LogP contribution in [0.4, 0.5) is 5.69 Å². The van der Waals surface area contributed by atoms with Crippen molar-refractivity contribution in [1.29, 1.82) is 0 Å². The highest BCUT2D eigenvalue weighted by Gasteiger charge is 2.71. The van der Waals surface area contributed by atoms with Crippen LogP contribution in [-0.2, 0) is 26.5 Å². The molecule has 2 aromatic carbocycles. The lowest BCUT2D eigenvalue weighted by molar-refractivity contribution is -0.143. The first kappa shape index (κ1) is 20.3. The van der Waals surface area contributed by atoms with E-state index in [1.54, 1.807) is 23.7 Å². The van der Waals surface area contributed by atoms with E-state index in [-0.39, 0.29) is 30.3 Å². The van der Waals surface area contributed by atoms with Gasteiger partial charge < -0.3 is 4.90 Å². The van der Waals surface area contributed by atoms with Crippen molar-refractivity contribution in [2.24, 2.45) is 11.8 Å². The molecular weight excluding hydrogens is 410 g/mol. The number of hydrogen-bond donors (Lipinski definition) is 1. The Kier molecular flexibility index (Phi) is 4.90. The lowest BCUT2D eigenvalue weighted by Crippen LogP contribution is -2.54. The average molecular weight is 436 g/mol. The summed E-state index contributed by atoms with van der Waals surface area (Å²) in [6.07, 6.45) is 2.75. The van der Waals surface area contributed by atoms with Crippen molar-refractivity contribution in [3.63, 3.8) is 0 Å². The van der Waals surface area contributed by atoms with Gasteiger partial charge in [-0.2, -0.15) is 11.8 Å². The van der Waals surface area contributed by atoms with Crippen LogP contribution in [0.1, 0.15) is 17.5 Å². The first-order chi connectivity index (χ1) is 15.0. The molecule has 0 aliphatic carbocycles. The Morgan fingerprint density at radius 3 is 2.45 bits per heavy atom. The van der Waals surface area contributed by atoms with Gasteiger partial charge in [-0.1, -0.05) is 48.5 Å². The summed E-state index contributed by atoms with van der Waals surface area (Å²) in [5.41, 5.74) is 1.32. The molecule has 0 saturated carbocycles. The Labute approximate surface area is 186 Å². The smallest absolute Gasteiger partial charge is 0.252 e. The largest absolute Gasteiger partial charge is 0.313 e. The summed E-state index contributed by atoms with van der Waals surface area (Å²) in [5.74, 6) is -0.993. The number of amides is 3. The maximum absolute atomic E-state index is 13.7. The Balaban J connectivity index is 1.60. The van der Waals surface area contributed by atoms with Crippen LogP contribution in [0.25, 0.3) is 0 Å². The third-order valence-corrected chi connectivity index (χ3v) is 7.55. The van der Waals surface area contributed by atoms with Crippen molar-refractivity contribution in [3.05, 3.63) is 65.7 Å². The summed E-state index contributed by atoms with van der Waals surface area (Å²) in [6.45, 7) is 0.239. The molecule has 3 aliphatic heterocycles. The molecule has 0 aromatic heterocycles. The number of fused-ring (bicyclic) bond motifs is 4. The van der Waals surface area contributed by atoms with E-state index in [0.29, 0.717) is 0 Å². The van der Waals surface area contributed by atoms with Crippen LogP contribution in [0, 0.1) is 11.8 Å². The van der Waals surface area contributed by atoms with Gasteiger partial charge >= 0.3 is 0 Å². The number of anilines is 1. The molecule has 3 aliphatic rings. The minimum atomic E-state index is -1.18. The summed E-state index contributed by atoms with van der Waals surface area (Å²) in [6, 6.07) is 16.9. The van der Waals surface area contributed by atoms with Crippen LogP contribution in [0.3, 0.4) is 0 Å². The van der Waals surface area contributed by atoms with Crippen molar-refractivity contribution in [3.8, 4) is 0 Å². The number of likely N-dealkylation sites (tertiary alicyclic amines) is 1. The lowest BCUT2D eigenvalue weighted by Gasteiger charge is -2.30. The monoisotopic (exact) mass is 435 g/mol. The van der Waals surface area contributed by atoms with Gasteiger partial charge in [-0.25, -0.2) is 0 Å². The molecule has 5 rings (SSSR count). The Morgan fingerprint density at radius 2 is 1.71 bits per heavy atom. The summed E-state index contributed by atoms with van der Waals surface area (Å²) < 4.78 is 0. The van der Waals surface area contributed by atoms with Crippen LogP contribution < -0.4 is 10.2 Å². The first-order valence-electron chi connectivity index (χ1n) is 10.5. The summed E-state index contributed by atoms with van der Waals surface area (Å²) in [7, 11) is 1.74. The molecule has 2 saturated heterocycles. The summed E-state index contributed by atoms with van der Waals surface area (Å²) >= 11 is 1.70. The molecule has 160 valence electrons. The maximum Gasteiger partial charge on any atom is 0.252 e. The molecule has 0 unspecified atom stereocenters. The molecular formula is C24H25N3O3S. The second-order valence-electron chi connectivity index (χ2n) is 8.47. The highest BCUT2D eigenvalue weighted by atomic mass is 32.2. The number of thioether (sulfide) groups is 1. The predicted molar refractivity (Wildman–Crippen MR) is 120 cm³/mol. The number of nitrogens with one attached hydrogen (secondary N) is 1. The standard InChI is InChI=1S/C24H25N3O3S/c1-26-18-11-7-6-10-16(18)24(23(26)30)20-19(17(25-24)12-13-31-2)21(28)27(22(20)29)14-15-8-4-3-5-9-15/h3-11,17,19-20,25H,12-14H2,1-2H3/t17-,19-,20-,24-/m0/s1. The number of imide groups is 1. The Bertz CT molecular complexity index is 1060. The molecule has 3 heterocycles. The molecule has 3 amide bonds. The molecule has 0 bridgehead atoms. The fraction of sp³-hybridized carbons (Fsp3) is 0.375. The minimum Gasteiger partial charge on any atom is -0.313 e. The molecule has 4 atom stereocenters. The lowest BCUT2D eigenvalue weighted by atomic mass is 9.76. The van der Waals surface area contributed by atoms with Crippen molar-refractivity contribution in [1.82, 2.24) is 10.2 Å². The Hall–Kier alpha value is -2.64. The van der Waals surface area contributed by atoms with Crippen molar-refractivity contribution in [2.75, 3.05) is 24.0 Å². The number of hydrogen-bond acceptors (Lipinski definition) is 5. The van der Waals surface area contributed by atoms with Gasteiger partial charge in [0.25, 0.3) is 5.91 Å². The van der Waals surface area contributed by atoms with E-state index in [9.17, 15) is 14.4 Å². The quantitative estimate of drug-likeness (QED) is 0.731. The van der Waals surface area contributed by atoms with Gasteiger partial charge in [-0.05, 0) is 30.1 Å². The number of carbonyl (C=O) groups excluding carboxylic acids is 3. The Morgan fingerprint density at radius 1 is 1.00 bits per heavy atom. The SMILES string of the molecule is CSCC[C@@H]1N[C@]2(C(=O)N(C)c3ccccc32)[C@@H]2C(=O)N(Cc3ccccc3)C(=O)[C@@H]12. The number of rotatable bonds is 5. The highest BCUT2D eigenvalue weighted by Crippen LogP contribution is 2.54. The van der Waals surface area contributed by atoms with Gasteiger partial charge in [0.05, 0.1) is 18.4 Å². The summed E-state index contributed by atoms with van der Waals surface area (Å²) in [4.78, 5) is 43.9. The third-order valence-electron chi connectivity index (χ3n) is 6.90. The van der Waals surface area contributed by atoms with Gasteiger partial charge in [0.1, 0.15) is 5.54 Å². The molecule has 2 aromatic rings. The molecule has 1 N–H and O–H groups in total. The average Bonchev–Trinajstić information content (AvgIpc) is 3.34. The number of likely N-dealkylation sites (N-methyl/N-ethyl adjacent to an activating group) is 1. The number of carbonyl (C=O) groups is 3. The van der Waals surface area contributed by atoms with Crippen LogP contribution in [0.15, 0.2) is 54.6 Å². The highest BCUT2D eigenvalue weighted by molar-refractivity contribution is 7.98. The number of benzene rings is 2. The van der Waals surface area contributed by atoms with E-state index in [1.165, 1.54) is 4.90 Å². The fourth-order valence-corrected chi connectivity index (χ4v) is 6.02. The number of para-hydroxylation sites is 1. The molecule has 2 fully saturated rings. The number of nitrogens with zero attached hydrogens (tertiary/aromatic N) is 2. The van der Waals surface area contributed by atoms with Gasteiger partial charge in [0.2, 0.25) is 11.8 Å². The molecule has 6 nitrogen and oxygen atoms in total. The maximum atomic E-state index is 13.7. The predicted octanol–water partition coefficient (Wildman–Crippen LogP) is 2.38. The van der Waals surface area contributed by atoms with E-state index in [2.05, 4.69) is 5.32 Å². The van der Waals surface area contributed by atoms with Gasteiger partial charge in [-0.15, -0.1) is 0 Å². The van der Waals surface area contributed by atoms with Crippen LogP contribution in [0.5, 0.6) is 0 Å². The zero-order valence-corrected chi connectivity index (χ0v) is 18.4. The topological polar surface area (TPSA) is 69.7 Å². The van der Waals surface area contributed by atoms with E-state index in [0.717, 1.165) is 29.0 Å². The van der Waals surface area contributed by atoms with E-state index >= 15 is 0 Å². The summed E-state index contributed by atoms with van der Waals surface area (Å²) in [5, 5.41) is 3.51. The first-order valence-corrected chi connectivity index (χ1v) is 11.9. The molecule has 31 heavy (non-hydrogen) atoms. The van der Waals surface area contributed by atoms with E-state index < -0.39 is 17.4 Å². The normalized spacial score (nSPS) is 29.2. The second-order valence-corrected chi connectivity index (χ2v) is 9.46.